The van der Waals surface area contributed by atoms with Crippen molar-refractivity contribution < 1.29 is 4.58 Å². The highest BCUT2D eigenvalue weighted by atomic mass is 15.2. The lowest BCUT2D eigenvalue weighted by Gasteiger charge is -2.23. The molecule has 2 aliphatic heterocycles. The standard InChI is InChI=1S/C21H23N2/c1-21(2)17-9-5-7-11-19(17)22(3)20(21)13-15-23-14-12-16-8-4-6-10-18(16)23/h4-11,13,15H,12,14H2,1-3H3/q+1. The van der Waals surface area contributed by atoms with Crippen LogP contribution in [0.1, 0.15) is 25.0 Å². The van der Waals surface area contributed by atoms with Gasteiger partial charge < -0.3 is 4.90 Å². The van der Waals surface area contributed by atoms with Crippen LogP contribution in [-0.4, -0.2) is 24.4 Å². The molecular formula is C21H23N2+. The van der Waals surface area contributed by atoms with Crippen LogP contribution in [0.2, 0.25) is 0 Å². The summed E-state index contributed by atoms with van der Waals surface area (Å²) in [6.07, 6.45) is 5.68. The van der Waals surface area contributed by atoms with E-state index in [9.17, 15) is 0 Å². The normalized spacial score (nSPS) is 21.8. The van der Waals surface area contributed by atoms with Gasteiger partial charge in [0, 0.05) is 48.0 Å². The van der Waals surface area contributed by atoms with Gasteiger partial charge in [0.1, 0.15) is 0 Å². The second-order valence-electron chi connectivity index (χ2n) is 6.97. The number of fused-ring (bicyclic) bond motifs is 2. The minimum Gasteiger partial charge on any atom is -0.347 e. The molecule has 23 heavy (non-hydrogen) atoms. The second kappa shape index (κ2) is 5.09. The lowest BCUT2D eigenvalue weighted by atomic mass is 9.84. The molecule has 2 aromatic carbocycles. The van der Waals surface area contributed by atoms with E-state index in [0.717, 1.165) is 13.0 Å². The van der Waals surface area contributed by atoms with Crippen LogP contribution in [0.5, 0.6) is 0 Å². The molecule has 0 saturated heterocycles. The van der Waals surface area contributed by atoms with Gasteiger partial charge in [-0.05, 0) is 11.6 Å². The van der Waals surface area contributed by atoms with Crippen LogP contribution >= 0.6 is 0 Å². The molecule has 0 unspecified atom stereocenters. The lowest BCUT2D eigenvalue weighted by Crippen LogP contribution is -2.23. The number of allylic oxidation sites excluding steroid dienone is 2. The maximum absolute atomic E-state index is 2.37. The highest BCUT2D eigenvalue weighted by molar-refractivity contribution is 5.77. The molecular weight excluding hydrogens is 280 g/mol. The third-order valence-corrected chi connectivity index (χ3v) is 5.28. The van der Waals surface area contributed by atoms with Crippen molar-refractivity contribution in [2.24, 2.45) is 0 Å². The fraction of sp³-hybridized carbons (Fsp3) is 0.286. The monoisotopic (exact) mass is 303 g/mol. The maximum atomic E-state index is 2.37. The number of hydrogen-bond acceptors (Lipinski definition) is 1. The van der Waals surface area contributed by atoms with Crippen LogP contribution in [0.3, 0.4) is 0 Å². The zero-order valence-corrected chi connectivity index (χ0v) is 14.1. The third-order valence-electron chi connectivity index (χ3n) is 5.28. The molecule has 2 heteroatoms. The Balaban J connectivity index is 1.75. The molecule has 2 aliphatic rings. The number of para-hydroxylation sites is 2. The first-order valence-electron chi connectivity index (χ1n) is 8.32. The first kappa shape index (κ1) is 14.3. The van der Waals surface area contributed by atoms with Gasteiger partial charge in [-0.15, -0.1) is 0 Å². The summed E-state index contributed by atoms with van der Waals surface area (Å²) < 4.78 is 2.37. The van der Waals surface area contributed by atoms with Gasteiger partial charge in [-0.2, -0.15) is 4.58 Å². The van der Waals surface area contributed by atoms with Crippen molar-refractivity contribution in [3.8, 4) is 0 Å². The van der Waals surface area contributed by atoms with Gasteiger partial charge in [0.15, 0.2) is 12.8 Å². The molecule has 0 N–H and O–H groups in total. The van der Waals surface area contributed by atoms with Crippen molar-refractivity contribution in [1.82, 2.24) is 0 Å². The van der Waals surface area contributed by atoms with Crippen molar-refractivity contribution in [3.05, 3.63) is 71.4 Å². The smallest absolute Gasteiger partial charge is 0.208 e. The highest BCUT2D eigenvalue weighted by Gasteiger charge is 2.38. The Labute approximate surface area is 138 Å². The number of anilines is 1. The molecule has 116 valence electrons. The number of nitrogens with zero attached hydrogens (tertiary/aromatic N) is 2. The highest BCUT2D eigenvalue weighted by Crippen LogP contribution is 2.46. The molecule has 2 aromatic rings. The largest absolute Gasteiger partial charge is 0.347 e. The van der Waals surface area contributed by atoms with Crippen LogP contribution in [-0.2, 0) is 11.8 Å². The van der Waals surface area contributed by atoms with E-state index in [-0.39, 0.29) is 5.41 Å². The Hall–Kier alpha value is -2.35. The summed E-state index contributed by atoms with van der Waals surface area (Å²) >= 11 is 0. The Kier molecular flexibility index (Phi) is 3.15. The summed E-state index contributed by atoms with van der Waals surface area (Å²) in [6.45, 7) is 5.69. The zero-order chi connectivity index (χ0) is 16.0. The Morgan fingerprint density at radius 1 is 1.04 bits per heavy atom. The van der Waals surface area contributed by atoms with Crippen LogP contribution in [0.15, 0.2) is 60.3 Å². The zero-order valence-electron chi connectivity index (χ0n) is 14.1. The van der Waals surface area contributed by atoms with Crippen LogP contribution in [0, 0.1) is 0 Å². The van der Waals surface area contributed by atoms with E-state index >= 15 is 0 Å². The summed E-state index contributed by atoms with van der Waals surface area (Å²) in [7, 11) is 2.17. The van der Waals surface area contributed by atoms with Gasteiger partial charge in [-0.3, -0.25) is 0 Å². The SMILES string of the molecule is CN1C(=CC=[N+]2CCc3ccccc32)C(C)(C)c2ccccc21. The first-order chi connectivity index (χ1) is 11.1. The molecule has 2 nitrogen and oxygen atoms in total. The molecule has 0 aliphatic carbocycles. The summed E-state index contributed by atoms with van der Waals surface area (Å²) in [5, 5.41) is 0. The van der Waals surface area contributed by atoms with Gasteiger partial charge in [0.25, 0.3) is 0 Å². The number of benzene rings is 2. The van der Waals surface area contributed by atoms with Crippen LogP contribution < -0.4 is 4.90 Å². The van der Waals surface area contributed by atoms with Crippen LogP contribution in [0.25, 0.3) is 0 Å². The van der Waals surface area contributed by atoms with Gasteiger partial charge in [-0.25, -0.2) is 0 Å². The molecule has 0 spiro atoms. The van der Waals surface area contributed by atoms with Gasteiger partial charge in [0.2, 0.25) is 5.69 Å². The molecule has 0 fully saturated rings. The minimum atomic E-state index is 0.0427. The fourth-order valence-corrected chi connectivity index (χ4v) is 3.98. The molecule has 0 amide bonds. The fourth-order valence-electron chi connectivity index (χ4n) is 3.98. The van der Waals surface area contributed by atoms with E-state index in [2.05, 4.69) is 91.2 Å². The second-order valence-corrected chi connectivity index (χ2v) is 6.97. The van der Waals surface area contributed by atoms with Crippen molar-refractivity contribution in [3.63, 3.8) is 0 Å². The number of likely N-dealkylation sites (N-methyl/N-ethyl adjacent to an activating group) is 1. The van der Waals surface area contributed by atoms with E-state index in [4.69, 9.17) is 0 Å². The predicted molar refractivity (Wildman–Crippen MR) is 97.0 cm³/mol. The molecule has 4 rings (SSSR count). The van der Waals surface area contributed by atoms with E-state index in [0.29, 0.717) is 0 Å². The van der Waals surface area contributed by atoms with E-state index in [1.807, 2.05) is 0 Å². The maximum Gasteiger partial charge on any atom is 0.208 e. The quantitative estimate of drug-likeness (QED) is 0.713. The van der Waals surface area contributed by atoms with Gasteiger partial charge in [-0.1, -0.05) is 50.2 Å². The van der Waals surface area contributed by atoms with Crippen molar-refractivity contribution in [1.29, 1.82) is 0 Å². The Morgan fingerprint density at radius 3 is 2.61 bits per heavy atom. The van der Waals surface area contributed by atoms with Crippen molar-refractivity contribution in [2.45, 2.75) is 25.7 Å². The minimum absolute atomic E-state index is 0.0427. The topological polar surface area (TPSA) is 6.25 Å². The molecule has 0 bridgehead atoms. The molecule has 2 heterocycles. The number of hydrogen-bond donors (Lipinski definition) is 0. The third kappa shape index (κ3) is 2.13. The van der Waals surface area contributed by atoms with E-state index < -0.39 is 0 Å². The summed E-state index contributed by atoms with van der Waals surface area (Å²) in [4.78, 5) is 2.33. The molecule has 0 aromatic heterocycles. The average Bonchev–Trinajstić information content (AvgIpc) is 3.05. The van der Waals surface area contributed by atoms with Crippen molar-refractivity contribution in [2.75, 3.05) is 18.5 Å². The van der Waals surface area contributed by atoms with Crippen LogP contribution in [0.4, 0.5) is 11.4 Å². The molecule has 0 atom stereocenters. The summed E-state index contributed by atoms with van der Waals surface area (Å²) in [6, 6.07) is 17.4. The molecule has 0 saturated carbocycles. The van der Waals surface area contributed by atoms with E-state index in [1.165, 1.54) is 28.2 Å². The molecule has 0 radical (unpaired) electrons. The van der Waals surface area contributed by atoms with Gasteiger partial charge in [0.05, 0.1) is 0 Å². The Morgan fingerprint density at radius 2 is 1.78 bits per heavy atom. The van der Waals surface area contributed by atoms with Gasteiger partial charge >= 0.3 is 0 Å². The number of rotatable bonds is 1. The average molecular weight is 303 g/mol. The van der Waals surface area contributed by atoms with E-state index in [1.54, 1.807) is 0 Å². The summed E-state index contributed by atoms with van der Waals surface area (Å²) in [5.41, 5.74) is 6.91. The predicted octanol–water partition coefficient (Wildman–Crippen LogP) is 4.27. The first-order valence-corrected chi connectivity index (χ1v) is 8.32. The lowest BCUT2D eigenvalue weighted by molar-refractivity contribution is -0.423. The Bertz CT molecular complexity index is 827. The van der Waals surface area contributed by atoms with Crippen molar-refractivity contribution >= 4 is 17.6 Å². The summed E-state index contributed by atoms with van der Waals surface area (Å²) in [5.74, 6) is 0.